The van der Waals surface area contributed by atoms with Crippen molar-refractivity contribution < 1.29 is 13.2 Å². The number of urea groups is 1. The number of benzene rings is 1. The lowest BCUT2D eigenvalue weighted by Crippen LogP contribution is -2.21. The maximum Gasteiger partial charge on any atom is 0.324 e. The van der Waals surface area contributed by atoms with Gasteiger partial charge in [0.2, 0.25) is 0 Å². The quantitative estimate of drug-likeness (QED) is 0.548. The third-order valence-corrected chi connectivity index (χ3v) is 7.09. The van der Waals surface area contributed by atoms with Crippen molar-refractivity contribution >= 4 is 33.2 Å². The molecule has 3 aromatic rings. The molecule has 0 unspecified atom stereocenters. The van der Waals surface area contributed by atoms with Gasteiger partial charge in [-0.2, -0.15) is 0 Å². The first-order chi connectivity index (χ1) is 14.7. The Morgan fingerprint density at radius 2 is 1.77 bits per heavy atom. The molecule has 1 aliphatic carbocycles. The highest BCUT2D eigenvalue weighted by atomic mass is 32.2. The molecule has 1 fully saturated rings. The fraction of sp³-hybridized carbons (Fsp3) is 0.250. The van der Waals surface area contributed by atoms with Crippen molar-refractivity contribution in [1.29, 1.82) is 0 Å². The van der Waals surface area contributed by atoms with Crippen molar-refractivity contribution in [1.82, 2.24) is 19.9 Å². The average molecular weight is 440 g/mol. The molecule has 2 amide bonds. The Kier molecular flexibility index (Phi) is 5.05. The molecule has 10 nitrogen and oxygen atoms in total. The summed E-state index contributed by atoms with van der Waals surface area (Å²) in [6.07, 6.45) is 5.28. The number of rotatable bonds is 5. The molecule has 0 radical (unpaired) electrons. The van der Waals surface area contributed by atoms with Crippen LogP contribution >= 0.6 is 0 Å². The highest BCUT2D eigenvalue weighted by molar-refractivity contribution is 7.91. The Hall–Kier alpha value is -3.60. The van der Waals surface area contributed by atoms with Crippen LogP contribution in [0.4, 0.5) is 22.1 Å². The fourth-order valence-corrected chi connectivity index (χ4v) is 4.53. The SMILES string of the molecule is Cc1cnc(NC(=O)Nc2ccc(-c3nc(N)cc(C4(S(C)(=O)=O)CC4)n3)cc2)cn1. The lowest BCUT2D eigenvalue weighted by Gasteiger charge is -2.14. The molecule has 0 atom stereocenters. The second-order valence-corrected chi connectivity index (χ2v) is 9.79. The maximum atomic E-state index is 12.2. The van der Waals surface area contributed by atoms with E-state index >= 15 is 0 Å². The molecule has 0 bridgehead atoms. The standard InChI is InChI=1S/C20H21N7O3S/c1-12-10-23-17(11-22-12)27-19(28)24-14-5-3-13(4-6-14)18-25-15(9-16(21)26-18)20(7-8-20)31(2,29)30/h3-6,9-11H,7-8H2,1-2H3,(H2,21,25,26)(H2,23,24,27,28). The van der Waals surface area contributed by atoms with E-state index in [1.165, 1.54) is 18.5 Å². The topological polar surface area (TPSA) is 153 Å². The number of aryl methyl sites for hydroxylation is 1. The second-order valence-electron chi connectivity index (χ2n) is 7.47. The third-order valence-electron chi connectivity index (χ3n) is 5.05. The second kappa shape index (κ2) is 7.58. The number of amides is 2. The molecule has 2 heterocycles. The van der Waals surface area contributed by atoms with E-state index in [4.69, 9.17) is 5.73 Å². The molecular weight excluding hydrogens is 418 g/mol. The summed E-state index contributed by atoms with van der Waals surface area (Å²) in [6.45, 7) is 1.80. The number of nitrogens with two attached hydrogens (primary N) is 1. The average Bonchev–Trinajstić information content (AvgIpc) is 3.52. The Labute approximate surface area is 179 Å². The molecule has 4 N–H and O–H groups in total. The minimum absolute atomic E-state index is 0.204. The molecule has 0 spiro atoms. The number of anilines is 3. The zero-order valence-corrected chi connectivity index (χ0v) is 17.8. The summed E-state index contributed by atoms with van der Waals surface area (Å²) in [5.41, 5.74) is 8.27. The predicted molar refractivity (Wildman–Crippen MR) is 117 cm³/mol. The smallest absolute Gasteiger partial charge is 0.324 e. The van der Waals surface area contributed by atoms with Crippen LogP contribution in [0.3, 0.4) is 0 Å². The van der Waals surface area contributed by atoms with Crippen LogP contribution in [-0.2, 0) is 14.6 Å². The van der Waals surface area contributed by atoms with Crippen molar-refractivity contribution in [3.8, 4) is 11.4 Å². The Morgan fingerprint density at radius 3 is 2.35 bits per heavy atom. The predicted octanol–water partition coefficient (Wildman–Crippen LogP) is 2.50. The summed E-state index contributed by atoms with van der Waals surface area (Å²) in [6, 6.07) is 7.87. The number of nitrogen functional groups attached to an aromatic ring is 1. The summed E-state index contributed by atoms with van der Waals surface area (Å²) >= 11 is 0. The lowest BCUT2D eigenvalue weighted by molar-refractivity contribution is 0.262. The number of hydrogen-bond donors (Lipinski definition) is 3. The van der Waals surface area contributed by atoms with Gasteiger partial charge in [0.05, 0.1) is 23.8 Å². The Morgan fingerprint density at radius 1 is 1.06 bits per heavy atom. The van der Waals surface area contributed by atoms with Crippen LogP contribution in [0.5, 0.6) is 0 Å². The van der Waals surface area contributed by atoms with Crippen LogP contribution in [-0.4, -0.2) is 40.6 Å². The lowest BCUT2D eigenvalue weighted by atomic mass is 10.1. The van der Waals surface area contributed by atoms with Gasteiger partial charge in [-0.15, -0.1) is 0 Å². The number of carbonyl (C=O) groups excluding carboxylic acids is 1. The summed E-state index contributed by atoms with van der Waals surface area (Å²) in [5, 5.41) is 5.29. The Balaban J connectivity index is 1.51. The first-order valence-electron chi connectivity index (χ1n) is 9.48. The van der Waals surface area contributed by atoms with Gasteiger partial charge in [-0.25, -0.2) is 28.2 Å². The normalized spacial score (nSPS) is 14.6. The van der Waals surface area contributed by atoms with E-state index < -0.39 is 20.6 Å². The highest BCUT2D eigenvalue weighted by Gasteiger charge is 2.55. The van der Waals surface area contributed by atoms with Crippen LogP contribution in [0.25, 0.3) is 11.4 Å². The van der Waals surface area contributed by atoms with Gasteiger partial charge in [0, 0.05) is 23.6 Å². The molecular formula is C20H21N7O3S. The molecule has 160 valence electrons. The fourth-order valence-electron chi connectivity index (χ4n) is 3.20. The van der Waals surface area contributed by atoms with E-state index in [2.05, 4.69) is 30.6 Å². The molecule has 1 aliphatic rings. The highest BCUT2D eigenvalue weighted by Crippen LogP contribution is 2.52. The number of hydrogen-bond acceptors (Lipinski definition) is 8. The summed E-state index contributed by atoms with van der Waals surface area (Å²) < 4.78 is 23.5. The van der Waals surface area contributed by atoms with Gasteiger partial charge in [0.25, 0.3) is 0 Å². The molecule has 0 saturated heterocycles. The van der Waals surface area contributed by atoms with Crippen LogP contribution in [0.1, 0.15) is 24.2 Å². The van der Waals surface area contributed by atoms with E-state index in [0.717, 1.165) is 5.69 Å². The number of aromatic nitrogens is 4. The first-order valence-corrected chi connectivity index (χ1v) is 11.4. The number of nitrogens with zero attached hydrogens (tertiary/aromatic N) is 4. The largest absolute Gasteiger partial charge is 0.384 e. The van der Waals surface area contributed by atoms with Crippen LogP contribution < -0.4 is 16.4 Å². The van der Waals surface area contributed by atoms with Gasteiger partial charge < -0.3 is 11.1 Å². The van der Waals surface area contributed by atoms with E-state index in [1.807, 2.05) is 0 Å². The zero-order chi connectivity index (χ0) is 22.2. The van der Waals surface area contributed by atoms with Gasteiger partial charge in [0.1, 0.15) is 10.6 Å². The van der Waals surface area contributed by atoms with E-state index in [0.29, 0.717) is 41.4 Å². The third kappa shape index (κ3) is 4.31. The summed E-state index contributed by atoms with van der Waals surface area (Å²) in [5.74, 6) is 0.867. The minimum Gasteiger partial charge on any atom is -0.384 e. The molecule has 11 heteroatoms. The molecule has 31 heavy (non-hydrogen) atoms. The van der Waals surface area contributed by atoms with Crippen molar-refractivity contribution in [2.75, 3.05) is 22.6 Å². The summed E-state index contributed by atoms with van der Waals surface area (Å²) in [7, 11) is -3.32. The molecule has 1 saturated carbocycles. The Bertz CT molecular complexity index is 1240. The van der Waals surface area contributed by atoms with Gasteiger partial charge >= 0.3 is 6.03 Å². The first kappa shape index (κ1) is 20.7. The summed E-state index contributed by atoms with van der Waals surface area (Å²) in [4.78, 5) is 29.0. The van der Waals surface area contributed by atoms with Gasteiger partial charge in [-0.1, -0.05) is 0 Å². The van der Waals surface area contributed by atoms with Crippen molar-refractivity contribution in [3.05, 3.63) is 54.1 Å². The van der Waals surface area contributed by atoms with Crippen LogP contribution in [0, 0.1) is 6.92 Å². The van der Waals surface area contributed by atoms with Gasteiger partial charge in [-0.3, -0.25) is 10.3 Å². The monoisotopic (exact) mass is 439 g/mol. The number of nitrogens with one attached hydrogen (secondary N) is 2. The van der Waals surface area contributed by atoms with Gasteiger partial charge in [0.15, 0.2) is 21.5 Å². The van der Waals surface area contributed by atoms with Crippen LogP contribution in [0.2, 0.25) is 0 Å². The molecule has 1 aromatic carbocycles. The molecule has 0 aliphatic heterocycles. The van der Waals surface area contributed by atoms with Crippen molar-refractivity contribution in [2.24, 2.45) is 0 Å². The van der Waals surface area contributed by atoms with Crippen molar-refractivity contribution in [3.63, 3.8) is 0 Å². The maximum absolute atomic E-state index is 12.2. The van der Waals surface area contributed by atoms with Crippen LogP contribution in [0.15, 0.2) is 42.7 Å². The minimum atomic E-state index is -3.32. The van der Waals surface area contributed by atoms with E-state index in [-0.39, 0.29) is 5.82 Å². The van der Waals surface area contributed by atoms with Crippen molar-refractivity contribution in [2.45, 2.75) is 24.5 Å². The number of carbonyl (C=O) groups is 1. The van der Waals surface area contributed by atoms with E-state index in [9.17, 15) is 13.2 Å². The zero-order valence-electron chi connectivity index (χ0n) is 17.0. The number of sulfone groups is 1. The molecule has 4 rings (SSSR count). The molecule has 2 aromatic heterocycles. The van der Waals surface area contributed by atoms with Gasteiger partial charge in [-0.05, 0) is 44.0 Å². The van der Waals surface area contributed by atoms with E-state index in [1.54, 1.807) is 37.4 Å².